The second kappa shape index (κ2) is 5.45. The van der Waals surface area contributed by atoms with Gasteiger partial charge in [0.1, 0.15) is 0 Å². The van der Waals surface area contributed by atoms with Crippen molar-refractivity contribution in [2.24, 2.45) is 0 Å². The molecule has 0 saturated carbocycles. The maximum Gasteiger partial charge on any atom is 0.264 e. The van der Waals surface area contributed by atoms with Gasteiger partial charge in [-0.2, -0.15) is 5.10 Å². The number of nitrogens with two attached hydrogens (primary N) is 1. The van der Waals surface area contributed by atoms with Gasteiger partial charge in [0.2, 0.25) is 5.95 Å². The Balaban J connectivity index is 2.22. The van der Waals surface area contributed by atoms with Crippen LogP contribution in [-0.2, 0) is 0 Å². The Morgan fingerprint density at radius 3 is 2.76 bits per heavy atom. The highest BCUT2D eigenvalue weighted by molar-refractivity contribution is 9.10. The summed E-state index contributed by atoms with van der Waals surface area (Å²) in [5.74, 6) is 0.179. The minimum Gasteiger partial charge on any atom is -0.368 e. The molecule has 0 spiro atoms. The average Bonchev–Trinajstić information content (AvgIpc) is 2.48. The fourth-order valence-electron chi connectivity index (χ4n) is 1.93. The quantitative estimate of drug-likeness (QED) is 0.743. The number of aromatic amines is 1. The van der Waals surface area contributed by atoms with Crippen LogP contribution in [0.15, 0.2) is 51.9 Å². The van der Waals surface area contributed by atoms with E-state index in [1.807, 2.05) is 24.3 Å². The third-order valence-corrected chi connectivity index (χ3v) is 3.35. The van der Waals surface area contributed by atoms with Gasteiger partial charge in [-0.1, -0.05) is 28.1 Å². The van der Waals surface area contributed by atoms with Crippen LogP contribution in [0, 0.1) is 0 Å². The Kier molecular flexibility index (Phi) is 3.49. The average molecular weight is 344 g/mol. The molecule has 3 rings (SSSR count). The van der Waals surface area contributed by atoms with Crippen LogP contribution >= 0.6 is 15.9 Å². The lowest BCUT2D eigenvalue weighted by Crippen LogP contribution is -2.07. The summed E-state index contributed by atoms with van der Waals surface area (Å²) in [5, 5.41) is 6.42. The van der Waals surface area contributed by atoms with Crippen molar-refractivity contribution < 1.29 is 0 Å². The molecule has 7 heteroatoms. The molecule has 21 heavy (non-hydrogen) atoms. The maximum absolute atomic E-state index is 11.1. The monoisotopic (exact) mass is 343 g/mol. The van der Waals surface area contributed by atoms with Crippen LogP contribution in [-0.4, -0.2) is 20.2 Å². The van der Waals surface area contributed by atoms with Crippen molar-refractivity contribution >= 4 is 21.9 Å². The first kappa shape index (κ1) is 13.4. The third kappa shape index (κ3) is 2.82. The SMILES string of the molecule is Nc1ncc(-c2ccc(=O)[nH]n2)c(-c2cccc(Br)c2)n1. The predicted octanol–water partition coefficient (Wildman–Crippen LogP) is 2.24. The predicted molar refractivity (Wildman–Crippen MR) is 83.4 cm³/mol. The number of H-pyrrole nitrogens is 1. The van der Waals surface area contributed by atoms with Crippen LogP contribution in [0.2, 0.25) is 0 Å². The molecule has 0 saturated heterocycles. The molecule has 3 N–H and O–H groups in total. The molecule has 0 unspecified atom stereocenters. The van der Waals surface area contributed by atoms with Crippen molar-refractivity contribution in [2.75, 3.05) is 5.73 Å². The van der Waals surface area contributed by atoms with E-state index in [1.54, 1.807) is 12.3 Å². The van der Waals surface area contributed by atoms with Crippen molar-refractivity contribution in [3.05, 3.63) is 57.4 Å². The van der Waals surface area contributed by atoms with E-state index in [0.717, 1.165) is 10.0 Å². The third-order valence-electron chi connectivity index (χ3n) is 2.86. The van der Waals surface area contributed by atoms with E-state index in [2.05, 4.69) is 36.1 Å². The summed E-state index contributed by atoms with van der Waals surface area (Å²) in [6, 6.07) is 10.7. The van der Waals surface area contributed by atoms with E-state index >= 15 is 0 Å². The standard InChI is InChI=1S/C14H10BrN5O/c15-9-3-1-2-8(6-9)13-10(7-17-14(16)18-13)11-4-5-12(21)20-19-11/h1-7H,(H,20,21)(H2,16,17,18). The first-order valence-corrected chi connectivity index (χ1v) is 6.87. The van der Waals surface area contributed by atoms with Crippen LogP contribution in [0.5, 0.6) is 0 Å². The van der Waals surface area contributed by atoms with E-state index in [-0.39, 0.29) is 11.5 Å². The molecule has 6 nitrogen and oxygen atoms in total. The summed E-state index contributed by atoms with van der Waals surface area (Å²) in [4.78, 5) is 19.4. The number of halogens is 1. The Hall–Kier alpha value is -2.54. The Morgan fingerprint density at radius 1 is 1.19 bits per heavy atom. The molecule has 1 aromatic carbocycles. The summed E-state index contributed by atoms with van der Waals surface area (Å²) in [7, 11) is 0. The normalized spacial score (nSPS) is 10.5. The summed E-state index contributed by atoms with van der Waals surface area (Å²) in [6.45, 7) is 0. The van der Waals surface area contributed by atoms with Gasteiger partial charge in [0.05, 0.1) is 11.4 Å². The maximum atomic E-state index is 11.1. The van der Waals surface area contributed by atoms with E-state index in [0.29, 0.717) is 17.0 Å². The molecule has 0 aliphatic heterocycles. The van der Waals surface area contributed by atoms with Crippen molar-refractivity contribution in [1.82, 2.24) is 20.2 Å². The first-order valence-electron chi connectivity index (χ1n) is 6.08. The molecule has 0 atom stereocenters. The second-order valence-electron chi connectivity index (χ2n) is 4.31. The number of aromatic nitrogens is 4. The lowest BCUT2D eigenvalue weighted by Gasteiger charge is -2.08. The Labute approximate surface area is 128 Å². The highest BCUT2D eigenvalue weighted by Gasteiger charge is 2.12. The molecule has 2 heterocycles. The topological polar surface area (TPSA) is 97.5 Å². The van der Waals surface area contributed by atoms with Gasteiger partial charge >= 0.3 is 0 Å². The van der Waals surface area contributed by atoms with Crippen molar-refractivity contribution in [3.8, 4) is 22.5 Å². The Bertz CT molecular complexity index is 841. The zero-order chi connectivity index (χ0) is 14.8. The van der Waals surface area contributed by atoms with E-state index in [4.69, 9.17) is 5.73 Å². The number of hydrogen-bond donors (Lipinski definition) is 2. The van der Waals surface area contributed by atoms with Gasteiger partial charge in [-0.15, -0.1) is 0 Å². The number of hydrogen-bond acceptors (Lipinski definition) is 5. The first-order chi connectivity index (χ1) is 10.1. The highest BCUT2D eigenvalue weighted by atomic mass is 79.9. The number of anilines is 1. The van der Waals surface area contributed by atoms with Crippen LogP contribution < -0.4 is 11.3 Å². The van der Waals surface area contributed by atoms with Gasteiger partial charge in [0.25, 0.3) is 5.56 Å². The molecule has 0 radical (unpaired) electrons. The van der Waals surface area contributed by atoms with Gasteiger partial charge in [0.15, 0.2) is 0 Å². The zero-order valence-electron chi connectivity index (χ0n) is 10.7. The van der Waals surface area contributed by atoms with Gasteiger partial charge in [-0.25, -0.2) is 15.1 Å². The van der Waals surface area contributed by atoms with E-state index in [1.165, 1.54) is 6.07 Å². The zero-order valence-corrected chi connectivity index (χ0v) is 12.3. The molecule has 3 aromatic rings. The van der Waals surface area contributed by atoms with Gasteiger partial charge in [-0.05, 0) is 18.2 Å². The van der Waals surface area contributed by atoms with Crippen LogP contribution in [0.3, 0.4) is 0 Å². The Morgan fingerprint density at radius 2 is 2.05 bits per heavy atom. The molecule has 104 valence electrons. The van der Waals surface area contributed by atoms with Crippen LogP contribution in [0.25, 0.3) is 22.5 Å². The second-order valence-corrected chi connectivity index (χ2v) is 5.22. The molecule has 0 amide bonds. The minimum absolute atomic E-state index is 0.179. The van der Waals surface area contributed by atoms with Crippen LogP contribution in [0.4, 0.5) is 5.95 Å². The van der Waals surface area contributed by atoms with Crippen molar-refractivity contribution in [2.45, 2.75) is 0 Å². The summed E-state index contributed by atoms with van der Waals surface area (Å²) < 4.78 is 0.928. The highest BCUT2D eigenvalue weighted by Crippen LogP contribution is 2.30. The number of benzene rings is 1. The number of rotatable bonds is 2. The van der Waals surface area contributed by atoms with E-state index in [9.17, 15) is 4.79 Å². The smallest absolute Gasteiger partial charge is 0.264 e. The molecule has 0 bridgehead atoms. The van der Waals surface area contributed by atoms with Gasteiger partial charge < -0.3 is 5.73 Å². The lowest BCUT2D eigenvalue weighted by atomic mass is 10.0. The summed E-state index contributed by atoms with van der Waals surface area (Å²) in [6.07, 6.45) is 1.60. The molecular formula is C14H10BrN5O. The fourth-order valence-corrected chi connectivity index (χ4v) is 2.33. The van der Waals surface area contributed by atoms with Crippen molar-refractivity contribution in [1.29, 1.82) is 0 Å². The van der Waals surface area contributed by atoms with Crippen LogP contribution in [0.1, 0.15) is 0 Å². The number of nitrogen functional groups attached to an aromatic ring is 1. The molecular weight excluding hydrogens is 334 g/mol. The lowest BCUT2D eigenvalue weighted by molar-refractivity contribution is 0.992. The molecule has 0 aliphatic carbocycles. The molecule has 2 aromatic heterocycles. The summed E-state index contributed by atoms with van der Waals surface area (Å²) >= 11 is 3.43. The summed E-state index contributed by atoms with van der Waals surface area (Å²) in [5.41, 5.74) is 8.23. The van der Waals surface area contributed by atoms with Gasteiger partial charge in [0, 0.05) is 27.9 Å². The largest absolute Gasteiger partial charge is 0.368 e. The number of nitrogens with zero attached hydrogens (tertiary/aromatic N) is 3. The molecule has 0 aliphatic rings. The fraction of sp³-hybridized carbons (Fsp3) is 0. The van der Waals surface area contributed by atoms with Crippen molar-refractivity contribution in [3.63, 3.8) is 0 Å². The minimum atomic E-state index is -0.265. The number of nitrogens with one attached hydrogen (secondary N) is 1. The van der Waals surface area contributed by atoms with E-state index < -0.39 is 0 Å². The van der Waals surface area contributed by atoms with Gasteiger partial charge in [-0.3, -0.25) is 4.79 Å². The molecule has 0 fully saturated rings.